The Hall–Kier alpha value is -1.94. The normalized spacial score (nSPS) is 12.2. The third-order valence-electron chi connectivity index (χ3n) is 3.16. The minimum absolute atomic E-state index is 0.141. The van der Waals surface area contributed by atoms with E-state index in [2.05, 4.69) is 16.4 Å². The average Bonchev–Trinajstić information content (AvgIpc) is 2.44. The fraction of sp³-hybridized carbons (Fsp3) is 0.312. The van der Waals surface area contributed by atoms with Crippen LogP contribution in [0, 0.1) is 12.7 Å². The topological polar surface area (TPSA) is 34.2 Å². The highest BCUT2D eigenvalue weighted by Crippen LogP contribution is 2.30. The Labute approximate surface area is 118 Å². The third kappa shape index (κ3) is 3.14. The van der Waals surface area contributed by atoms with Gasteiger partial charge in [-0.25, -0.2) is 4.39 Å². The quantitative estimate of drug-likeness (QED) is 0.909. The first-order valence-corrected chi connectivity index (χ1v) is 6.64. The molecule has 3 nitrogen and oxygen atoms in total. The highest BCUT2D eigenvalue weighted by molar-refractivity contribution is 5.43. The zero-order valence-electron chi connectivity index (χ0n) is 12.0. The second kappa shape index (κ2) is 6.48. The van der Waals surface area contributed by atoms with Gasteiger partial charge in [0.05, 0.1) is 19.3 Å². The maximum Gasteiger partial charge on any atom is 0.141 e. The predicted molar refractivity (Wildman–Crippen MR) is 77.4 cm³/mol. The van der Waals surface area contributed by atoms with E-state index in [4.69, 9.17) is 4.74 Å². The van der Waals surface area contributed by atoms with Gasteiger partial charge in [-0.1, -0.05) is 24.6 Å². The molecule has 0 radical (unpaired) electrons. The van der Waals surface area contributed by atoms with Crippen LogP contribution in [-0.4, -0.2) is 18.6 Å². The SMILES string of the molecule is CCNC(c1cncc(F)c1)c1cc(C)ccc1OC. The number of benzene rings is 1. The molecule has 1 aromatic heterocycles. The van der Waals surface area contributed by atoms with Gasteiger partial charge in [-0.15, -0.1) is 0 Å². The summed E-state index contributed by atoms with van der Waals surface area (Å²) in [5, 5.41) is 3.36. The summed E-state index contributed by atoms with van der Waals surface area (Å²) in [5.74, 6) is 0.447. The Kier molecular flexibility index (Phi) is 4.69. The van der Waals surface area contributed by atoms with E-state index >= 15 is 0 Å². The van der Waals surface area contributed by atoms with Crippen molar-refractivity contribution in [3.05, 3.63) is 59.2 Å². The summed E-state index contributed by atoms with van der Waals surface area (Å²) in [6.07, 6.45) is 2.89. The molecule has 106 valence electrons. The van der Waals surface area contributed by atoms with Crippen LogP contribution in [-0.2, 0) is 0 Å². The first-order chi connectivity index (χ1) is 9.65. The molecule has 0 aliphatic carbocycles. The van der Waals surface area contributed by atoms with Crippen molar-refractivity contribution in [3.63, 3.8) is 0 Å². The minimum Gasteiger partial charge on any atom is -0.496 e. The van der Waals surface area contributed by atoms with Crippen LogP contribution in [0.5, 0.6) is 5.75 Å². The first kappa shape index (κ1) is 14.5. The summed E-state index contributed by atoms with van der Waals surface area (Å²) in [6, 6.07) is 7.34. The van der Waals surface area contributed by atoms with Crippen molar-refractivity contribution in [2.45, 2.75) is 19.9 Å². The van der Waals surface area contributed by atoms with Gasteiger partial charge in [-0.3, -0.25) is 4.98 Å². The van der Waals surface area contributed by atoms with Crippen LogP contribution in [0.25, 0.3) is 0 Å². The highest BCUT2D eigenvalue weighted by atomic mass is 19.1. The molecule has 2 rings (SSSR count). The van der Waals surface area contributed by atoms with Crippen LogP contribution in [0.4, 0.5) is 4.39 Å². The van der Waals surface area contributed by atoms with Crippen LogP contribution >= 0.6 is 0 Å². The lowest BCUT2D eigenvalue weighted by Gasteiger charge is -2.21. The molecule has 0 amide bonds. The predicted octanol–water partition coefficient (Wildman–Crippen LogP) is 3.24. The number of ether oxygens (including phenoxy) is 1. The summed E-state index contributed by atoms with van der Waals surface area (Å²) in [7, 11) is 1.64. The van der Waals surface area contributed by atoms with E-state index in [1.54, 1.807) is 13.3 Å². The molecule has 0 saturated heterocycles. The Morgan fingerprint density at radius 2 is 2.10 bits per heavy atom. The van der Waals surface area contributed by atoms with Gasteiger partial charge >= 0.3 is 0 Å². The van der Waals surface area contributed by atoms with Crippen molar-refractivity contribution < 1.29 is 9.13 Å². The van der Waals surface area contributed by atoms with Gasteiger partial charge in [-0.05, 0) is 31.2 Å². The lowest BCUT2D eigenvalue weighted by atomic mass is 9.97. The van der Waals surface area contributed by atoms with Crippen LogP contribution < -0.4 is 10.1 Å². The first-order valence-electron chi connectivity index (χ1n) is 6.64. The highest BCUT2D eigenvalue weighted by Gasteiger charge is 2.18. The van der Waals surface area contributed by atoms with Crippen molar-refractivity contribution in [3.8, 4) is 5.75 Å². The summed E-state index contributed by atoms with van der Waals surface area (Å²) in [6.45, 7) is 4.80. The van der Waals surface area contributed by atoms with E-state index < -0.39 is 0 Å². The number of pyridine rings is 1. The molecule has 0 fully saturated rings. The number of aryl methyl sites for hydroxylation is 1. The van der Waals surface area contributed by atoms with Gasteiger partial charge < -0.3 is 10.1 Å². The lowest BCUT2D eigenvalue weighted by molar-refractivity contribution is 0.404. The Morgan fingerprint density at radius 1 is 1.30 bits per heavy atom. The Bertz CT molecular complexity index is 586. The molecule has 4 heteroatoms. The molecule has 1 aromatic carbocycles. The molecule has 0 bridgehead atoms. The van der Waals surface area contributed by atoms with Gasteiger partial charge in [0.1, 0.15) is 11.6 Å². The van der Waals surface area contributed by atoms with Crippen LogP contribution in [0.1, 0.15) is 29.7 Å². The van der Waals surface area contributed by atoms with Gasteiger partial charge in [-0.2, -0.15) is 0 Å². The smallest absolute Gasteiger partial charge is 0.141 e. The molecular formula is C16H19FN2O. The van der Waals surface area contributed by atoms with E-state index in [0.717, 1.165) is 29.0 Å². The monoisotopic (exact) mass is 274 g/mol. The standard InChI is InChI=1S/C16H19FN2O/c1-4-19-16(12-8-13(17)10-18-9-12)14-7-11(2)5-6-15(14)20-3/h5-10,16,19H,4H2,1-3H3. The maximum atomic E-state index is 13.4. The van der Waals surface area contributed by atoms with E-state index in [-0.39, 0.29) is 11.9 Å². The van der Waals surface area contributed by atoms with Crippen LogP contribution in [0.15, 0.2) is 36.7 Å². The van der Waals surface area contributed by atoms with Crippen molar-refractivity contribution in [2.75, 3.05) is 13.7 Å². The zero-order valence-corrected chi connectivity index (χ0v) is 12.0. The molecule has 1 heterocycles. The van der Waals surface area contributed by atoms with Gasteiger partial charge in [0.15, 0.2) is 0 Å². The van der Waals surface area contributed by atoms with Gasteiger partial charge in [0.2, 0.25) is 0 Å². The number of aromatic nitrogens is 1. The molecular weight excluding hydrogens is 255 g/mol. The van der Waals surface area contributed by atoms with E-state index in [0.29, 0.717) is 0 Å². The number of methoxy groups -OCH3 is 1. The number of hydrogen-bond acceptors (Lipinski definition) is 3. The number of halogens is 1. The molecule has 0 saturated carbocycles. The fourth-order valence-corrected chi connectivity index (χ4v) is 2.28. The molecule has 2 aromatic rings. The number of nitrogens with one attached hydrogen (secondary N) is 1. The maximum absolute atomic E-state index is 13.4. The molecule has 1 N–H and O–H groups in total. The third-order valence-corrected chi connectivity index (χ3v) is 3.16. The second-order valence-corrected chi connectivity index (χ2v) is 4.67. The zero-order chi connectivity index (χ0) is 14.5. The van der Waals surface area contributed by atoms with Crippen LogP contribution in [0.3, 0.4) is 0 Å². The average molecular weight is 274 g/mol. The lowest BCUT2D eigenvalue weighted by Crippen LogP contribution is -2.23. The summed E-state index contributed by atoms with van der Waals surface area (Å²) < 4.78 is 18.8. The van der Waals surface area contributed by atoms with Crippen molar-refractivity contribution in [1.82, 2.24) is 10.3 Å². The second-order valence-electron chi connectivity index (χ2n) is 4.67. The summed E-state index contributed by atoms with van der Waals surface area (Å²) in [4.78, 5) is 3.93. The van der Waals surface area contributed by atoms with Gasteiger partial charge in [0.25, 0.3) is 0 Å². The largest absolute Gasteiger partial charge is 0.496 e. The molecule has 1 unspecified atom stereocenters. The van der Waals surface area contributed by atoms with E-state index in [9.17, 15) is 4.39 Å². The van der Waals surface area contributed by atoms with E-state index in [1.807, 2.05) is 26.0 Å². The fourth-order valence-electron chi connectivity index (χ4n) is 2.28. The Morgan fingerprint density at radius 3 is 2.75 bits per heavy atom. The molecule has 0 aliphatic rings. The molecule has 0 spiro atoms. The van der Waals surface area contributed by atoms with Crippen molar-refractivity contribution in [1.29, 1.82) is 0 Å². The molecule has 20 heavy (non-hydrogen) atoms. The Balaban J connectivity index is 2.50. The molecule has 1 atom stereocenters. The molecule has 0 aliphatic heterocycles. The number of nitrogens with zero attached hydrogens (tertiary/aromatic N) is 1. The number of rotatable bonds is 5. The van der Waals surface area contributed by atoms with Crippen LogP contribution in [0.2, 0.25) is 0 Å². The van der Waals surface area contributed by atoms with Gasteiger partial charge in [0, 0.05) is 11.8 Å². The summed E-state index contributed by atoms with van der Waals surface area (Å²) in [5.41, 5.74) is 2.91. The number of hydrogen-bond donors (Lipinski definition) is 1. The van der Waals surface area contributed by atoms with Crippen molar-refractivity contribution >= 4 is 0 Å². The minimum atomic E-state index is -0.336. The summed E-state index contributed by atoms with van der Waals surface area (Å²) >= 11 is 0. The van der Waals surface area contributed by atoms with E-state index in [1.165, 1.54) is 12.3 Å². The van der Waals surface area contributed by atoms with Crippen molar-refractivity contribution in [2.24, 2.45) is 0 Å².